The number of carbonyl (C=O) groups is 1. The number of hydrogen-bond donors (Lipinski definition) is 1. The highest BCUT2D eigenvalue weighted by Gasteiger charge is 2.43. The van der Waals surface area contributed by atoms with Gasteiger partial charge >= 0.3 is 6.03 Å². The van der Waals surface area contributed by atoms with Crippen LogP contribution in [0.2, 0.25) is 0 Å². The minimum Gasteiger partial charge on any atom is -0.324 e. The van der Waals surface area contributed by atoms with Crippen molar-refractivity contribution in [2.45, 2.75) is 19.3 Å². The molecule has 2 fully saturated rings. The maximum atomic E-state index is 12.7. The molecule has 26 heavy (non-hydrogen) atoms. The molecule has 1 spiro atoms. The monoisotopic (exact) mass is 376 g/mol. The molecule has 2 aliphatic rings. The van der Waals surface area contributed by atoms with Crippen LogP contribution in [-0.4, -0.2) is 63.7 Å². The fourth-order valence-corrected chi connectivity index (χ4v) is 5.37. The number of hydrogen-bond acceptors (Lipinski definition) is 6. The summed E-state index contributed by atoms with van der Waals surface area (Å²) in [6.07, 6.45) is 6.66. The molecule has 10 heteroatoms. The van der Waals surface area contributed by atoms with Crippen molar-refractivity contribution in [3.8, 4) is 5.82 Å². The van der Waals surface area contributed by atoms with Crippen LogP contribution in [0.4, 0.5) is 10.5 Å². The number of anilines is 1. The first-order valence-electron chi connectivity index (χ1n) is 8.53. The minimum atomic E-state index is -2.91. The van der Waals surface area contributed by atoms with E-state index in [1.165, 1.54) is 17.3 Å². The molecule has 2 amide bonds. The highest BCUT2D eigenvalue weighted by Crippen LogP contribution is 2.41. The molecule has 4 rings (SSSR count). The topological polar surface area (TPSA) is 110 Å². The standard InChI is InChI=1S/C16H20N6O3S/c23-15(20-13-2-1-6-18-14(13)22-12-17-11-19-22)21-7-3-16(10-21)4-8-26(24,25)9-5-16/h1-2,6,11-12H,3-5,7-10H2,(H,20,23). The van der Waals surface area contributed by atoms with Crippen LogP contribution < -0.4 is 5.32 Å². The second-order valence-corrected chi connectivity index (χ2v) is 9.27. The van der Waals surface area contributed by atoms with Crippen LogP contribution >= 0.6 is 0 Å². The molecule has 4 heterocycles. The fourth-order valence-electron chi connectivity index (χ4n) is 3.68. The van der Waals surface area contributed by atoms with Crippen LogP contribution in [0.3, 0.4) is 0 Å². The Morgan fingerprint density at radius 2 is 2.04 bits per heavy atom. The maximum absolute atomic E-state index is 12.7. The lowest BCUT2D eigenvalue weighted by atomic mass is 9.81. The van der Waals surface area contributed by atoms with Crippen molar-refractivity contribution >= 4 is 21.6 Å². The van der Waals surface area contributed by atoms with Crippen LogP contribution in [-0.2, 0) is 9.84 Å². The number of rotatable bonds is 2. The summed E-state index contributed by atoms with van der Waals surface area (Å²) in [6, 6.07) is 3.30. The van der Waals surface area contributed by atoms with Gasteiger partial charge in [-0.3, -0.25) is 0 Å². The summed E-state index contributed by atoms with van der Waals surface area (Å²) in [7, 11) is -2.91. The van der Waals surface area contributed by atoms with Crippen molar-refractivity contribution in [3.63, 3.8) is 0 Å². The van der Waals surface area contributed by atoms with Crippen molar-refractivity contribution in [1.29, 1.82) is 0 Å². The molecule has 0 saturated carbocycles. The number of likely N-dealkylation sites (tertiary alicyclic amines) is 1. The van der Waals surface area contributed by atoms with E-state index in [1.807, 2.05) is 0 Å². The minimum absolute atomic E-state index is 0.0632. The first kappa shape index (κ1) is 17.0. The van der Waals surface area contributed by atoms with Crippen LogP contribution in [0.1, 0.15) is 19.3 Å². The van der Waals surface area contributed by atoms with Gasteiger partial charge in [-0.1, -0.05) is 0 Å². The van der Waals surface area contributed by atoms with Gasteiger partial charge in [0, 0.05) is 19.3 Å². The van der Waals surface area contributed by atoms with Gasteiger partial charge in [0.05, 0.1) is 17.2 Å². The Kier molecular flexibility index (Phi) is 4.14. The number of aromatic nitrogens is 4. The second-order valence-electron chi connectivity index (χ2n) is 6.97. The quantitative estimate of drug-likeness (QED) is 0.840. The number of carbonyl (C=O) groups excluding carboxylic acids is 1. The molecule has 0 bridgehead atoms. The van der Waals surface area contributed by atoms with E-state index in [2.05, 4.69) is 20.4 Å². The summed E-state index contributed by atoms with van der Waals surface area (Å²) >= 11 is 0. The molecule has 138 valence electrons. The zero-order chi connectivity index (χ0) is 18.2. The van der Waals surface area contributed by atoms with Crippen molar-refractivity contribution in [2.75, 3.05) is 29.9 Å². The third-order valence-electron chi connectivity index (χ3n) is 5.28. The van der Waals surface area contributed by atoms with Crippen LogP contribution in [0.25, 0.3) is 5.82 Å². The lowest BCUT2D eigenvalue weighted by molar-refractivity contribution is 0.208. The number of amides is 2. The Morgan fingerprint density at radius 1 is 1.23 bits per heavy atom. The van der Waals surface area contributed by atoms with Crippen LogP contribution in [0, 0.1) is 5.41 Å². The summed E-state index contributed by atoms with van der Waals surface area (Å²) in [5.74, 6) is 0.944. The zero-order valence-corrected chi connectivity index (χ0v) is 15.0. The summed E-state index contributed by atoms with van der Waals surface area (Å²) in [5.41, 5.74) is 0.488. The molecule has 0 radical (unpaired) electrons. The second kappa shape index (κ2) is 6.35. The normalized spacial score (nSPS) is 21.0. The van der Waals surface area contributed by atoms with Gasteiger partial charge in [0.15, 0.2) is 5.82 Å². The molecule has 1 N–H and O–H groups in total. The third-order valence-corrected chi connectivity index (χ3v) is 6.93. The summed E-state index contributed by atoms with van der Waals surface area (Å²) < 4.78 is 24.9. The van der Waals surface area contributed by atoms with Gasteiger partial charge in [-0.2, -0.15) is 5.10 Å². The van der Waals surface area contributed by atoms with E-state index in [-0.39, 0.29) is 23.0 Å². The molecule has 2 saturated heterocycles. The van der Waals surface area contributed by atoms with Crippen LogP contribution in [0.5, 0.6) is 0 Å². The number of urea groups is 1. The molecular weight excluding hydrogens is 356 g/mol. The molecule has 0 unspecified atom stereocenters. The summed E-state index contributed by atoms with van der Waals surface area (Å²) in [4.78, 5) is 22.6. The van der Waals surface area contributed by atoms with E-state index >= 15 is 0 Å². The molecule has 9 nitrogen and oxygen atoms in total. The maximum Gasteiger partial charge on any atom is 0.321 e. The smallest absolute Gasteiger partial charge is 0.321 e. The Labute approximate surface area is 151 Å². The number of pyridine rings is 1. The van der Waals surface area contributed by atoms with E-state index in [1.54, 1.807) is 23.2 Å². The molecular formula is C16H20N6O3S. The number of sulfone groups is 1. The Hall–Kier alpha value is -2.49. The largest absolute Gasteiger partial charge is 0.324 e. The van der Waals surface area contributed by atoms with Crippen molar-refractivity contribution in [2.24, 2.45) is 5.41 Å². The van der Waals surface area contributed by atoms with Gasteiger partial charge in [-0.25, -0.2) is 27.9 Å². The number of nitrogens with one attached hydrogen (secondary N) is 1. The van der Waals surface area contributed by atoms with Crippen LogP contribution in [0.15, 0.2) is 31.0 Å². The Balaban J connectivity index is 1.46. The first-order valence-corrected chi connectivity index (χ1v) is 10.4. The highest BCUT2D eigenvalue weighted by atomic mass is 32.2. The molecule has 2 aliphatic heterocycles. The average Bonchev–Trinajstić information content (AvgIpc) is 3.29. The van der Waals surface area contributed by atoms with Crippen molar-refractivity contribution in [3.05, 3.63) is 31.0 Å². The van der Waals surface area contributed by atoms with Gasteiger partial charge in [-0.15, -0.1) is 0 Å². The third kappa shape index (κ3) is 3.28. The SMILES string of the molecule is O=C(Nc1cccnc1-n1cncn1)N1CCC2(CCS(=O)(=O)CC2)C1. The van der Waals surface area contributed by atoms with E-state index in [0.717, 1.165) is 6.42 Å². The van der Waals surface area contributed by atoms with E-state index in [9.17, 15) is 13.2 Å². The molecule has 0 atom stereocenters. The average molecular weight is 376 g/mol. The van der Waals surface area contributed by atoms with Gasteiger partial charge in [-0.05, 0) is 36.8 Å². The van der Waals surface area contributed by atoms with E-state index in [0.29, 0.717) is 37.4 Å². The molecule has 0 aliphatic carbocycles. The van der Waals surface area contributed by atoms with Gasteiger partial charge in [0.25, 0.3) is 0 Å². The lowest BCUT2D eigenvalue weighted by Crippen LogP contribution is -2.39. The zero-order valence-electron chi connectivity index (χ0n) is 14.2. The van der Waals surface area contributed by atoms with Gasteiger partial charge in [0.2, 0.25) is 0 Å². The molecule has 2 aromatic rings. The first-order chi connectivity index (χ1) is 12.5. The van der Waals surface area contributed by atoms with Crippen molar-refractivity contribution < 1.29 is 13.2 Å². The highest BCUT2D eigenvalue weighted by molar-refractivity contribution is 7.91. The van der Waals surface area contributed by atoms with Crippen molar-refractivity contribution in [1.82, 2.24) is 24.6 Å². The van der Waals surface area contributed by atoms with Gasteiger partial charge < -0.3 is 10.2 Å². The fraction of sp³-hybridized carbons (Fsp3) is 0.500. The predicted molar refractivity (Wildman–Crippen MR) is 94.7 cm³/mol. The predicted octanol–water partition coefficient (Wildman–Crippen LogP) is 1.09. The molecule has 0 aromatic carbocycles. The Bertz CT molecular complexity index is 898. The number of nitrogens with zero attached hydrogens (tertiary/aromatic N) is 5. The lowest BCUT2D eigenvalue weighted by Gasteiger charge is -2.33. The van der Waals surface area contributed by atoms with E-state index in [4.69, 9.17) is 0 Å². The van der Waals surface area contributed by atoms with E-state index < -0.39 is 9.84 Å². The molecule has 2 aromatic heterocycles. The summed E-state index contributed by atoms with van der Waals surface area (Å²) in [6.45, 7) is 1.22. The van der Waals surface area contributed by atoms with Gasteiger partial charge in [0.1, 0.15) is 22.5 Å². The summed E-state index contributed by atoms with van der Waals surface area (Å²) in [5, 5.41) is 6.95. The Morgan fingerprint density at radius 3 is 2.77 bits per heavy atom.